The van der Waals surface area contributed by atoms with Gasteiger partial charge in [-0.25, -0.2) is 4.79 Å². The third kappa shape index (κ3) is 4.06. The Balaban J connectivity index is 1.60. The normalized spacial score (nSPS) is 13.7. The van der Waals surface area contributed by atoms with Crippen LogP contribution in [0.4, 0.5) is 5.69 Å². The number of fused-ring (bicyclic) bond motifs is 1. The molecule has 1 aromatic heterocycles. The van der Waals surface area contributed by atoms with E-state index >= 15 is 0 Å². The van der Waals surface area contributed by atoms with E-state index in [1.807, 2.05) is 6.92 Å². The Hall–Kier alpha value is -3.09. The van der Waals surface area contributed by atoms with Crippen molar-refractivity contribution in [3.63, 3.8) is 0 Å². The van der Waals surface area contributed by atoms with Crippen molar-refractivity contribution in [1.82, 2.24) is 4.98 Å². The van der Waals surface area contributed by atoms with Gasteiger partial charge in [-0.1, -0.05) is 0 Å². The second-order valence-corrected chi connectivity index (χ2v) is 5.58. The maximum absolute atomic E-state index is 12.2. The molecule has 2 aromatic rings. The lowest BCUT2D eigenvalue weighted by Gasteiger charge is -2.19. The van der Waals surface area contributed by atoms with Crippen LogP contribution in [-0.2, 0) is 9.53 Å². The Labute approximate surface area is 144 Å². The number of pyridine rings is 1. The smallest absolute Gasteiger partial charge is 0.340 e. The van der Waals surface area contributed by atoms with Crippen LogP contribution in [0.25, 0.3) is 0 Å². The molecule has 0 saturated carbocycles. The summed E-state index contributed by atoms with van der Waals surface area (Å²) < 4.78 is 16.1. The molecule has 0 radical (unpaired) electrons. The molecule has 25 heavy (non-hydrogen) atoms. The molecule has 1 aliphatic rings. The summed E-state index contributed by atoms with van der Waals surface area (Å²) >= 11 is 0. The number of esters is 1. The first kappa shape index (κ1) is 16.8. The minimum Gasteiger partial charge on any atom is -0.486 e. The highest BCUT2D eigenvalue weighted by Crippen LogP contribution is 2.32. The molecule has 1 amide bonds. The van der Waals surface area contributed by atoms with Crippen LogP contribution in [0.5, 0.6) is 11.5 Å². The SMILES string of the molecule is Cc1ccc(C(=O)OC(C)C(=O)Nc2ccc3c(c2)OCCO3)cn1. The highest BCUT2D eigenvalue weighted by Gasteiger charge is 2.20. The number of amides is 1. The Morgan fingerprint density at radius 1 is 1.16 bits per heavy atom. The minimum atomic E-state index is -0.956. The number of nitrogens with one attached hydrogen (secondary N) is 1. The van der Waals surface area contributed by atoms with Crippen LogP contribution in [0.1, 0.15) is 23.0 Å². The Bertz CT molecular complexity index is 789. The van der Waals surface area contributed by atoms with Crippen LogP contribution >= 0.6 is 0 Å². The number of aryl methyl sites for hydroxylation is 1. The summed E-state index contributed by atoms with van der Waals surface area (Å²) in [4.78, 5) is 28.3. The number of anilines is 1. The molecule has 1 aromatic carbocycles. The van der Waals surface area contributed by atoms with Gasteiger partial charge in [0.1, 0.15) is 13.2 Å². The number of carbonyl (C=O) groups excluding carboxylic acids is 2. The van der Waals surface area contributed by atoms with Gasteiger partial charge in [-0.05, 0) is 38.1 Å². The predicted octanol–water partition coefficient (Wildman–Crippen LogP) is 2.35. The summed E-state index contributed by atoms with van der Waals surface area (Å²) in [5.74, 6) is 0.164. The summed E-state index contributed by atoms with van der Waals surface area (Å²) in [5, 5.41) is 2.69. The van der Waals surface area contributed by atoms with E-state index in [1.165, 1.54) is 13.1 Å². The molecule has 0 saturated heterocycles. The zero-order chi connectivity index (χ0) is 17.8. The molecule has 1 unspecified atom stereocenters. The van der Waals surface area contributed by atoms with E-state index in [4.69, 9.17) is 14.2 Å². The van der Waals surface area contributed by atoms with Crippen molar-refractivity contribution in [2.24, 2.45) is 0 Å². The average Bonchev–Trinajstić information content (AvgIpc) is 2.62. The van der Waals surface area contributed by atoms with E-state index in [-0.39, 0.29) is 0 Å². The molecular formula is C18H18N2O5. The molecule has 0 spiro atoms. The quantitative estimate of drug-likeness (QED) is 0.858. The van der Waals surface area contributed by atoms with E-state index in [0.29, 0.717) is 36.0 Å². The van der Waals surface area contributed by atoms with Crippen molar-refractivity contribution >= 4 is 17.6 Å². The summed E-state index contributed by atoms with van der Waals surface area (Å²) in [7, 11) is 0. The molecule has 0 bridgehead atoms. The second-order valence-electron chi connectivity index (χ2n) is 5.58. The van der Waals surface area contributed by atoms with Gasteiger partial charge >= 0.3 is 5.97 Å². The predicted molar refractivity (Wildman–Crippen MR) is 89.9 cm³/mol. The van der Waals surface area contributed by atoms with Gasteiger partial charge in [0.05, 0.1) is 5.56 Å². The fourth-order valence-electron chi connectivity index (χ4n) is 2.24. The zero-order valence-corrected chi connectivity index (χ0v) is 13.9. The Morgan fingerprint density at radius 2 is 1.92 bits per heavy atom. The molecule has 7 heteroatoms. The Kier molecular flexibility index (Phi) is 4.83. The third-order valence-corrected chi connectivity index (χ3v) is 3.61. The van der Waals surface area contributed by atoms with Crippen LogP contribution in [0, 0.1) is 6.92 Å². The Morgan fingerprint density at radius 3 is 2.64 bits per heavy atom. The number of benzene rings is 1. The highest BCUT2D eigenvalue weighted by molar-refractivity contribution is 5.97. The van der Waals surface area contributed by atoms with Gasteiger partial charge in [-0.3, -0.25) is 9.78 Å². The van der Waals surface area contributed by atoms with Crippen LogP contribution in [0.2, 0.25) is 0 Å². The zero-order valence-electron chi connectivity index (χ0n) is 13.9. The maximum atomic E-state index is 12.2. The minimum absolute atomic E-state index is 0.296. The fraction of sp³-hybridized carbons (Fsp3) is 0.278. The second kappa shape index (κ2) is 7.21. The summed E-state index contributed by atoms with van der Waals surface area (Å²) in [6.07, 6.45) is 0.463. The number of nitrogens with zero attached hydrogens (tertiary/aromatic N) is 1. The molecule has 0 aliphatic carbocycles. The number of rotatable bonds is 4. The maximum Gasteiger partial charge on any atom is 0.340 e. The van der Waals surface area contributed by atoms with Gasteiger partial charge in [-0.2, -0.15) is 0 Å². The molecular weight excluding hydrogens is 324 g/mol. The van der Waals surface area contributed by atoms with Gasteiger partial charge < -0.3 is 19.5 Å². The molecule has 1 aliphatic heterocycles. The van der Waals surface area contributed by atoms with Crippen LogP contribution in [0.15, 0.2) is 36.5 Å². The van der Waals surface area contributed by atoms with Crippen molar-refractivity contribution in [2.75, 3.05) is 18.5 Å². The molecule has 1 N–H and O–H groups in total. The van der Waals surface area contributed by atoms with E-state index in [0.717, 1.165) is 5.69 Å². The van der Waals surface area contributed by atoms with Crippen molar-refractivity contribution in [3.05, 3.63) is 47.8 Å². The number of aromatic nitrogens is 1. The van der Waals surface area contributed by atoms with Gasteiger partial charge in [0.2, 0.25) is 0 Å². The lowest BCUT2D eigenvalue weighted by molar-refractivity contribution is -0.123. The van der Waals surface area contributed by atoms with E-state index in [9.17, 15) is 9.59 Å². The van der Waals surface area contributed by atoms with Gasteiger partial charge in [0.15, 0.2) is 17.6 Å². The van der Waals surface area contributed by atoms with Crippen molar-refractivity contribution in [1.29, 1.82) is 0 Å². The summed E-state index contributed by atoms with van der Waals surface area (Å²) in [6, 6.07) is 8.40. The first-order chi connectivity index (χ1) is 12.0. The fourth-order valence-corrected chi connectivity index (χ4v) is 2.24. The molecule has 1 atom stereocenters. The van der Waals surface area contributed by atoms with Gasteiger partial charge in [0.25, 0.3) is 5.91 Å². The molecule has 3 rings (SSSR count). The lowest BCUT2D eigenvalue weighted by Crippen LogP contribution is -2.30. The molecule has 130 valence electrons. The van der Waals surface area contributed by atoms with Gasteiger partial charge in [-0.15, -0.1) is 0 Å². The van der Waals surface area contributed by atoms with Crippen molar-refractivity contribution in [3.8, 4) is 11.5 Å². The standard InChI is InChI=1S/C18H18N2O5/c1-11-3-4-13(10-19-11)18(22)25-12(2)17(21)20-14-5-6-15-16(9-14)24-8-7-23-15/h3-6,9-10,12H,7-8H2,1-2H3,(H,20,21). The summed E-state index contributed by atoms with van der Waals surface area (Å²) in [5.41, 5.74) is 1.62. The van der Waals surface area contributed by atoms with Crippen LogP contribution in [-0.4, -0.2) is 36.2 Å². The van der Waals surface area contributed by atoms with E-state index in [2.05, 4.69) is 10.3 Å². The van der Waals surface area contributed by atoms with Gasteiger partial charge in [0, 0.05) is 23.6 Å². The van der Waals surface area contributed by atoms with E-state index < -0.39 is 18.0 Å². The topological polar surface area (TPSA) is 86.8 Å². The molecule has 2 heterocycles. The largest absolute Gasteiger partial charge is 0.486 e. The van der Waals surface area contributed by atoms with Crippen molar-refractivity contribution in [2.45, 2.75) is 20.0 Å². The molecule has 7 nitrogen and oxygen atoms in total. The number of ether oxygens (including phenoxy) is 3. The average molecular weight is 342 g/mol. The third-order valence-electron chi connectivity index (χ3n) is 3.61. The first-order valence-corrected chi connectivity index (χ1v) is 7.87. The summed E-state index contributed by atoms with van der Waals surface area (Å²) in [6.45, 7) is 4.29. The van der Waals surface area contributed by atoms with E-state index in [1.54, 1.807) is 30.3 Å². The highest BCUT2D eigenvalue weighted by atomic mass is 16.6. The van der Waals surface area contributed by atoms with Crippen LogP contribution < -0.4 is 14.8 Å². The first-order valence-electron chi connectivity index (χ1n) is 7.87. The van der Waals surface area contributed by atoms with Crippen molar-refractivity contribution < 1.29 is 23.8 Å². The number of hydrogen-bond donors (Lipinski definition) is 1. The molecule has 0 fully saturated rings. The number of hydrogen-bond acceptors (Lipinski definition) is 6. The lowest BCUT2D eigenvalue weighted by atomic mass is 10.2. The monoisotopic (exact) mass is 342 g/mol. The van der Waals surface area contributed by atoms with Crippen LogP contribution in [0.3, 0.4) is 0 Å². The number of carbonyl (C=O) groups is 2.